The molecule has 0 aliphatic rings. The van der Waals surface area contributed by atoms with E-state index in [1.165, 1.54) is 30.5 Å². The summed E-state index contributed by atoms with van der Waals surface area (Å²) in [5.74, 6) is -2.74. The number of hydrogen-bond donors (Lipinski definition) is 1. The minimum absolute atomic E-state index is 0.149. The van der Waals surface area contributed by atoms with Gasteiger partial charge in [0.25, 0.3) is 0 Å². The Bertz CT molecular complexity index is 1470. The number of H-pyrrole nitrogens is 1. The Morgan fingerprint density at radius 3 is 2.38 bits per heavy atom. The third-order valence-electron chi connectivity index (χ3n) is 4.93. The normalized spacial score (nSPS) is 12.1. The lowest BCUT2D eigenvalue weighted by atomic mass is 10.0. The molecule has 0 unspecified atom stereocenters. The molecule has 0 radical (unpaired) electrons. The smallest absolute Gasteiger partial charge is 0.403 e. The molecule has 176 valence electrons. The fraction of sp³-hybridized carbons (Fsp3) is 0.136. The van der Waals surface area contributed by atoms with Crippen LogP contribution in [0.2, 0.25) is 0 Å². The highest BCUT2D eigenvalue weighted by Crippen LogP contribution is 2.29. The van der Waals surface area contributed by atoms with E-state index >= 15 is 0 Å². The predicted octanol–water partition coefficient (Wildman–Crippen LogP) is 4.64. The first-order chi connectivity index (χ1) is 16.0. The number of nitrogens with zero attached hydrogens (tertiary/aromatic N) is 2. The first-order valence-corrected chi connectivity index (χ1v) is 11.2. The van der Waals surface area contributed by atoms with Crippen LogP contribution in [0.15, 0.2) is 70.7 Å². The number of aromatic amines is 1. The van der Waals surface area contributed by atoms with Crippen LogP contribution in [0.3, 0.4) is 0 Å². The number of carbonyl (C=O) groups excluding carboxylic acids is 1. The number of benzene rings is 2. The molecule has 0 aliphatic heterocycles. The summed E-state index contributed by atoms with van der Waals surface area (Å²) < 4.78 is 79.8. The van der Waals surface area contributed by atoms with E-state index < -0.39 is 32.7 Å². The van der Waals surface area contributed by atoms with Crippen molar-refractivity contribution in [1.29, 1.82) is 0 Å². The first kappa shape index (κ1) is 23.4. The molecule has 0 fully saturated rings. The van der Waals surface area contributed by atoms with Crippen LogP contribution in [0.5, 0.6) is 5.75 Å². The monoisotopic (exact) mass is 493 g/mol. The number of aryl methyl sites for hydroxylation is 1. The van der Waals surface area contributed by atoms with Crippen LogP contribution < -0.4 is 4.74 Å². The molecule has 0 atom stereocenters. The lowest BCUT2D eigenvalue weighted by Crippen LogP contribution is -2.18. The van der Waals surface area contributed by atoms with Crippen LogP contribution in [-0.4, -0.2) is 35.7 Å². The molecular weight excluding hydrogens is 478 g/mol. The third-order valence-corrected chi connectivity index (χ3v) is 6.69. The maximum atomic E-state index is 13.9. The molecule has 12 heteroatoms. The van der Waals surface area contributed by atoms with E-state index in [1.807, 2.05) is 0 Å². The van der Waals surface area contributed by atoms with Gasteiger partial charge in [-0.2, -0.15) is 5.10 Å². The highest BCUT2D eigenvalue weighted by Gasteiger charge is 2.33. The number of halogens is 4. The maximum absolute atomic E-state index is 13.9. The van der Waals surface area contributed by atoms with E-state index in [9.17, 15) is 30.8 Å². The van der Waals surface area contributed by atoms with Crippen LogP contribution in [0, 0.1) is 5.82 Å². The Morgan fingerprint density at radius 2 is 1.71 bits per heavy atom. The number of carbonyl (C=O) groups is 1. The third kappa shape index (κ3) is 5.06. The van der Waals surface area contributed by atoms with Crippen LogP contribution in [0.1, 0.15) is 22.3 Å². The number of aromatic nitrogens is 3. The van der Waals surface area contributed by atoms with Crippen molar-refractivity contribution < 1.29 is 35.5 Å². The average Bonchev–Trinajstić information content (AvgIpc) is 3.26. The molecule has 0 bridgehead atoms. The molecule has 0 aliphatic carbocycles. The van der Waals surface area contributed by atoms with Gasteiger partial charge in [-0.1, -0.05) is 12.1 Å². The largest absolute Gasteiger partial charge is 0.573 e. The van der Waals surface area contributed by atoms with Gasteiger partial charge in [-0.05, 0) is 48.4 Å². The quantitative estimate of drug-likeness (QED) is 0.297. The van der Waals surface area contributed by atoms with Gasteiger partial charge in [0.2, 0.25) is 9.84 Å². The molecule has 1 N–H and O–H groups in total. The number of Topliss-reactive ketones (excluding diaryl/α,β-unsaturated/α-hetero) is 1. The molecule has 4 rings (SSSR count). The molecule has 4 aromatic rings. The Morgan fingerprint density at radius 1 is 1.00 bits per heavy atom. The predicted molar refractivity (Wildman–Crippen MR) is 112 cm³/mol. The summed E-state index contributed by atoms with van der Waals surface area (Å²) in [5, 5.41) is 7.25. The fourth-order valence-corrected chi connectivity index (χ4v) is 4.49. The van der Waals surface area contributed by atoms with Crippen molar-refractivity contribution >= 4 is 26.7 Å². The lowest BCUT2D eigenvalue weighted by molar-refractivity contribution is -0.275. The summed E-state index contributed by atoms with van der Waals surface area (Å²) in [6, 6.07) is 9.16. The number of ether oxygens (including phenoxy) is 1. The number of alkyl halides is 3. The van der Waals surface area contributed by atoms with Crippen LogP contribution in [0.4, 0.5) is 17.6 Å². The molecule has 2 aromatic carbocycles. The topological polar surface area (TPSA) is 102 Å². The van der Waals surface area contributed by atoms with Crippen molar-refractivity contribution in [2.75, 3.05) is 0 Å². The number of hydrogen-bond acceptors (Lipinski definition) is 6. The highest BCUT2D eigenvalue weighted by molar-refractivity contribution is 7.91. The fourth-order valence-electron chi connectivity index (χ4n) is 3.22. The van der Waals surface area contributed by atoms with E-state index in [0.29, 0.717) is 40.7 Å². The maximum Gasteiger partial charge on any atom is 0.573 e. The summed E-state index contributed by atoms with van der Waals surface area (Å²) in [6.07, 6.45) is -1.62. The number of rotatable bonds is 7. The Hall–Kier alpha value is -3.80. The van der Waals surface area contributed by atoms with Gasteiger partial charge >= 0.3 is 6.36 Å². The van der Waals surface area contributed by atoms with Crippen molar-refractivity contribution in [3.05, 3.63) is 77.9 Å². The molecule has 0 saturated carbocycles. The van der Waals surface area contributed by atoms with Crippen LogP contribution >= 0.6 is 0 Å². The van der Waals surface area contributed by atoms with Crippen molar-refractivity contribution in [3.8, 4) is 5.75 Å². The second kappa shape index (κ2) is 8.86. The van der Waals surface area contributed by atoms with E-state index in [0.717, 1.165) is 6.07 Å². The zero-order valence-electron chi connectivity index (χ0n) is 17.1. The van der Waals surface area contributed by atoms with Crippen LogP contribution in [-0.2, 0) is 16.3 Å². The standard InChI is InChI=1S/C22H15F4N3O4S/c23-18-10-17(6-8-20(18)33-22(24,25)26)34(31,32)16-4-1-13(2-5-16)3-7-19(30)14-9-15-12-28-29-21(15)27-11-14/h1-2,4-6,8-12H,3,7H2,(H,27,28,29). The molecule has 34 heavy (non-hydrogen) atoms. The van der Waals surface area contributed by atoms with Crippen molar-refractivity contribution in [2.24, 2.45) is 0 Å². The lowest BCUT2D eigenvalue weighted by Gasteiger charge is -2.11. The van der Waals surface area contributed by atoms with Gasteiger partial charge in [0, 0.05) is 23.6 Å². The summed E-state index contributed by atoms with van der Waals surface area (Å²) >= 11 is 0. The molecule has 0 saturated heterocycles. The zero-order chi connectivity index (χ0) is 24.5. The van der Waals surface area contributed by atoms with E-state index in [4.69, 9.17) is 0 Å². The summed E-state index contributed by atoms with van der Waals surface area (Å²) in [5.41, 5.74) is 1.67. The number of sulfone groups is 1. The van der Waals surface area contributed by atoms with Gasteiger partial charge in [-0.3, -0.25) is 9.89 Å². The van der Waals surface area contributed by atoms with Crippen molar-refractivity contribution in [1.82, 2.24) is 15.2 Å². The second-order valence-electron chi connectivity index (χ2n) is 7.24. The molecular formula is C22H15F4N3O4S. The number of fused-ring (bicyclic) bond motifs is 1. The van der Waals surface area contributed by atoms with Gasteiger partial charge in [-0.25, -0.2) is 17.8 Å². The van der Waals surface area contributed by atoms with Crippen molar-refractivity contribution in [2.45, 2.75) is 29.0 Å². The average molecular weight is 493 g/mol. The second-order valence-corrected chi connectivity index (χ2v) is 9.19. The van der Waals surface area contributed by atoms with E-state index in [1.54, 1.807) is 12.3 Å². The van der Waals surface area contributed by atoms with Gasteiger partial charge in [0.05, 0.1) is 16.0 Å². The Kier molecular flexibility index (Phi) is 6.09. The van der Waals surface area contributed by atoms with Gasteiger partial charge in [-0.15, -0.1) is 13.2 Å². The first-order valence-electron chi connectivity index (χ1n) is 9.74. The van der Waals surface area contributed by atoms with Crippen molar-refractivity contribution in [3.63, 3.8) is 0 Å². The number of pyridine rings is 1. The molecule has 7 nitrogen and oxygen atoms in total. The molecule has 2 heterocycles. The minimum Gasteiger partial charge on any atom is -0.403 e. The number of nitrogens with one attached hydrogen (secondary N) is 1. The van der Waals surface area contributed by atoms with Gasteiger partial charge in [0.15, 0.2) is 23.0 Å². The minimum atomic E-state index is -5.11. The Labute approximate surface area is 190 Å². The van der Waals surface area contributed by atoms with E-state index in [-0.39, 0.29) is 17.1 Å². The summed E-state index contributed by atoms with van der Waals surface area (Å²) in [4.78, 5) is 15.9. The van der Waals surface area contributed by atoms with Gasteiger partial charge < -0.3 is 4.74 Å². The summed E-state index contributed by atoms with van der Waals surface area (Å²) in [6.45, 7) is 0. The van der Waals surface area contributed by atoms with Gasteiger partial charge in [0.1, 0.15) is 0 Å². The summed E-state index contributed by atoms with van der Waals surface area (Å²) in [7, 11) is -4.19. The molecule has 2 aromatic heterocycles. The number of ketones is 1. The zero-order valence-corrected chi connectivity index (χ0v) is 18.0. The molecule has 0 spiro atoms. The highest BCUT2D eigenvalue weighted by atomic mass is 32.2. The van der Waals surface area contributed by atoms with Crippen LogP contribution in [0.25, 0.3) is 11.0 Å². The Balaban J connectivity index is 1.45. The molecule has 0 amide bonds. The SMILES string of the molecule is O=C(CCc1ccc(S(=O)(=O)c2ccc(OC(F)(F)F)c(F)c2)cc1)c1cnc2[nH]ncc2c1. The van der Waals surface area contributed by atoms with E-state index in [2.05, 4.69) is 19.9 Å².